The third-order valence-corrected chi connectivity index (χ3v) is 5.62. The van der Waals surface area contributed by atoms with Crippen LogP contribution in [-0.4, -0.2) is 36.2 Å². The van der Waals surface area contributed by atoms with Crippen LogP contribution in [0.25, 0.3) is 0 Å². The summed E-state index contributed by atoms with van der Waals surface area (Å²) < 4.78 is 16.5. The number of nitrogens with one attached hydrogen (secondary N) is 1. The van der Waals surface area contributed by atoms with Gasteiger partial charge in [0.15, 0.2) is 18.1 Å². The van der Waals surface area contributed by atoms with Crippen molar-refractivity contribution in [2.24, 2.45) is 5.10 Å². The molecule has 0 aliphatic rings. The predicted molar refractivity (Wildman–Crippen MR) is 142 cm³/mol. The van der Waals surface area contributed by atoms with Crippen LogP contribution in [0.5, 0.6) is 17.2 Å². The molecule has 1 atom stereocenters. The number of nitro benzene ring substituents is 1. The molecule has 0 spiro atoms. The predicted octanol–water partition coefficient (Wildman–Crippen LogP) is 5.26. The van der Waals surface area contributed by atoms with Gasteiger partial charge in [-0.2, -0.15) is 5.10 Å². The lowest BCUT2D eigenvalue weighted by atomic mass is 9.99. The van der Waals surface area contributed by atoms with Gasteiger partial charge >= 0.3 is 5.97 Å². The number of hydrogen-bond acceptors (Lipinski definition) is 8. The lowest BCUT2D eigenvalue weighted by Crippen LogP contribution is -2.24. The number of esters is 1. The Morgan fingerprint density at radius 1 is 1.00 bits per heavy atom. The van der Waals surface area contributed by atoms with E-state index in [4.69, 9.17) is 14.2 Å². The number of rotatable bonds is 12. The summed E-state index contributed by atoms with van der Waals surface area (Å²) in [7, 11) is 0. The first-order chi connectivity index (χ1) is 18.3. The van der Waals surface area contributed by atoms with Crippen LogP contribution in [-0.2, 0) is 4.79 Å². The van der Waals surface area contributed by atoms with Crippen molar-refractivity contribution < 1.29 is 28.7 Å². The average Bonchev–Trinajstić information content (AvgIpc) is 2.93. The second-order valence-corrected chi connectivity index (χ2v) is 8.29. The molecular formula is C28H29N3O7. The topological polar surface area (TPSA) is 129 Å². The van der Waals surface area contributed by atoms with Crippen LogP contribution < -0.4 is 19.6 Å². The van der Waals surface area contributed by atoms with Crippen LogP contribution >= 0.6 is 0 Å². The highest BCUT2D eigenvalue weighted by molar-refractivity contribution is 5.92. The summed E-state index contributed by atoms with van der Waals surface area (Å²) >= 11 is 0. The van der Waals surface area contributed by atoms with Crippen molar-refractivity contribution in [3.05, 3.63) is 93.5 Å². The lowest BCUT2D eigenvalue weighted by molar-refractivity contribution is -0.384. The monoisotopic (exact) mass is 519 g/mol. The van der Waals surface area contributed by atoms with Crippen molar-refractivity contribution in [1.29, 1.82) is 0 Å². The minimum Gasteiger partial charge on any atom is -0.490 e. The molecule has 0 fully saturated rings. The van der Waals surface area contributed by atoms with Crippen molar-refractivity contribution in [1.82, 2.24) is 5.43 Å². The Labute approximate surface area is 220 Å². The fourth-order valence-corrected chi connectivity index (χ4v) is 3.32. The molecular weight excluding hydrogens is 490 g/mol. The van der Waals surface area contributed by atoms with E-state index in [1.807, 2.05) is 24.3 Å². The number of non-ortho nitro benzene ring substituents is 1. The van der Waals surface area contributed by atoms with Gasteiger partial charge in [0.05, 0.1) is 23.3 Å². The van der Waals surface area contributed by atoms with E-state index in [-0.39, 0.29) is 23.6 Å². The van der Waals surface area contributed by atoms with E-state index in [1.54, 1.807) is 19.1 Å². The molecule has 1 amide bonds. The highest BCUT2D eigenvalue weighted by atomic mass is 16.6. The fraction of sp³-hybridized carbons (Fsp3) is 0.250. The van der Waals surface area contributed by atoms with Crippen LogP contribution in [0.1, 0.15) is 54.6 Å². The van der Waals surface area contributed by atoms with E-state index >= 15 is 0 Å². The third-order valence-electron chi connectivity index (χ3n) is 5.62. The zero-order valence-electron chi connectivity index (χ0n) is 21.4. The maximum absolute atomic E-state index is 12.5. The highest BCUT2D eigenvalue weighted by Gasteiger charge is 2.15. The average molecular weight is 520 g/mol. The Morgan fingerprint density at radius 2 is 1.71 bits per heavy atom. The lowest BCUT2D eigenvalue weighted by Gasteiger charge is -2.11. The summed E-state index contributed by atoms with van der Waals surface area (Å²) in [5.74, 6) is 0.402. The van der Waals surface area contributed by atoms with Crippen LogP contribution in [0.4, 0.5) is 5.69 Å². The standard InChI is InChI=1S/C28H29N3O7/c1-4-19(3)21-9-13-24(14-10-21)37-18-27(32)30-29-17-20-6-15-25(26(16-20)36-5-2)38-28(33)22-7-11-23(12-8-22)31(34)35/h6-17,19H,4-5,18H2,1-3H3,(H,30,32)/b29-17-/t19-/m1/s1. The van der Waals surface area contributed by atoms with Gasteiger partial charge in [-0.3, -0.25) is 14.9 Å². The van der Waals surface area contributed by atoms with Gasteiger partial charge in [0.25, 0.3) is 11.6 Å². The van der Waals surface area contributed by atoms with E-state index in [9.17, 15) is 19.7 Å². The molecule has 1 N–H and O–H groups in total. The molecule has 0 aliphatic carbocycles. The van der Waals surface area contributed by atoms with Gasteiger partial charge in [-0.15, -0.1) is 0 Å². The minimum atomic E-state index is -0.691. The molecule has 0 saturated heterocycles. The molecule has 10 nitrogen and oxygen atoms in total. The number of ether oxygens (including phenoxy) is 3. The van der Waals surface area contributed by atoms with Crippen LogP contribution in [0, 0.1) is 10.1 Å². The number of amides is 1. The van der Waals surface area contributed by atoms with Gasteiger partial charge in [-0.25, -0.2) is 10.2 Å². The number of carbonyl (C=O) groups is 2. The number of hydrogen-bond donors (Lipinski definition) is 1. The maximum Gasteiger partial charge on any atom is 0.343 e. The van der Waals surface area contributed by atoms with Crippen molar-refractivity contribution >= 4 is 23.8 Å². The Bertz CT molecular complexity index is 1290. The smallest absolute Gasteiger partial charge is 0.343 e. The van der Waals surface area contributed by atoms with Gasteiger partial charge in [0.2, 0.25) is 0 Å². The summed E-state index contributed by atoms with van der Waals surface area (Å²) in [6.07, 6.45) is 2.46. The maximum atomic E-state index is 12.5. The van der Waals surface area contributed by atoms with E-state index in [0.717, 1.165) is 6.42 Å². The Morgan fingerprint density at radius 3 is 2.34 bits per heavy atom. The zero-order chi connectivity index (χ0) is 27.5. The SMILES string of the molecule is CCOc1cc(/C=N\NC(=O)COc2ccc([C@H](C)CC)cc2)ccc1OC(=O)c1ccc([N+](=O)[O-])cc1. The second kappa shape index (κ2) is 13.5. The summed E-state index contributed by atoms with van der Waals surface area (Å²) in [6, 6.07) is 17.5. The van der Waals surface area contributed by atoms with E-state index < -0.39 is 16.8 Å². The van der Waals surface area contributed by atoms with Crippen LogP contribution in [0.15, 0.2) is 71.8 Å². The third kappa shape index (κ3) is 7.89. The van der Waals surface area contributed by atoms with E-state index in [2.05, 4.69) is 24.4 Å². The van der Waals surface area contributed by atoms with Gasteiger partial charge in [-0.05, 0) is 72.9 Å². The first-order valence-corrected chi connectivity index (χ1v) is 12.1. The van der Waals surface area contributed by atoms with E-state index in [0.29, 0.717) is 29.6 Å². The summed E-state index contributed by atoms with van der Waals surface area (Å²) in [6.45, 7) is 6.18. The Kier molecular flexibility index (Phi) is 9.93. The van der Waals surface area contributed by atoms with Crippen molar-refractivity contribution in [2.45, 2.75) is 33.1 Å². The summed E-state index contributed by atoms with van der Waals surface area (Å²) in [4.78, 5) is 34.8. The molecule has 0 bridgehead atoms. The van der Waals surface area contributed by atoms with E-state index in [1.165, 1.54) is 42.1 Å². The number of benzene rings is 3. The normalized spacial score (nSPS) is 11.6. The van der Waals surface area contributed by atoms with Gasteiger partial charge in [0.1, 0.15) is 5.75 Å². The fourth-order valence-electron chi connectivity index (χ4n) is 3.32. The number of nitrogens with zero attached hydrogens (tertiary/aromatic N) is 2. The van der Waals surface area contributed by atoms with Crippen LogP contribution in [0.2, 0.25) is 0 Å². The van der Waals surface area contributed by atoms with Crippen molar-refractivity contribution in [3.8, 4) is 17.2 Å². The molecule has 198 valence electrons. The first-order valence-electron chi connectivity index (χ1n) is 12.1. The minimum absolute atomic E-state index is 0.130. The summed E-state index contributed by atoms with van der Waals surface area (Å²) in [5, 5.41) is 14.7. The molecule has 0 heterocycles. The van der Waals surface area contributed by atoms with Crippen LogP contribution in [0.3, 0.4) is 0 Å². The molecule has 0 aliphatic heterocycles. The zero-order valence-corrected chi connectivity index (χ0v) is 21.4. The summed E-state index contributed by atoms with van der Waals surface area (Å²) in [5.41, 5.74) is 4.23. The Hall–Kier alpha value is -4.73. The quantitative estimate of drug-likeness (QED) is 0.114. The number of nitro groups is 1. The van der Waals surface area contributed by atoms with Crippen molar-refractivity contribution in [2.75, 3.05) is 13.2 Å². The molecule has 3 aromatic carbocycles. The molecule has 0 aromatic heterocycles. The number of carbonyl (C=O) groups excluding carboxylic acids is 2. The molecule has 0 radical (unpaired) electrons. The first kappa shape index (κ1) is 27.9. The Balaban J connectivity index is 1.56. The second-order valence-electron chi connectivity index (χ2n) is 8.29. The molecule has 0 saturated carbocycles. The van der Waals surface area contributed by atoms with Crippen molar-refractivity contribution in [3.63, 3.8) is 0 Å². The largest absolute Gasteiger partial charge is 0.490 e. The molecule has 3 aromatic rings. The number of hydrazone groups is 1. The van der Waals surface area contributed by atoms with Gasteiger partial charge < -0.3 is 14.2 Å². The molecule has 0 unspecified atom stereocenters. The molecule has 10 heteroatoms. The molecule has 38 heavy (non-hydrogen) atoms. The molecule has 3 rings (SSSR count). The van der Waals surface area contributed by atoms with Gasteiger partial charge in [0, 0.05) is 12.1 Å². The highest BCUT2D eigenvalue weighted by Crippen LogP contribution is 2.29. The van der Waals surface area contributed by atoms with Gasteiger partial charge in [-0.1, -0.05) is 26.0 Å².